The summed E-state index contributed by atoms with van der Waals surface area (Å²) in [5.74, 6) is 0. The molecule has 0 amide bonds. The Morgan fingerprint density at radius 2 is 2.13 bits per heavy atom. The molecule has 2 N–H and O–H groups in total. The third kappa shape index (κ3) is 2.21. The van der Waals surface area contributed by atoms with Gasteiger partial charge in [0.25, 0.3) is 0 Å². The van der Waals surface area contributed by atoms with Crippen molar-refractivity contribution in [3.63, 3.8) is 0 Å². The van der Waals surface area contributed by atoms with Gasteiger partial charge in [0, 0.05) is 24.8 Å². The van der Waals surface area contributed by atoms with Crippen LogP contribution in [0, 0.1) is 0 Å². The molecule has 1 heterocycles. The number of rotatable bonds is 3. The summed E-state index contributed by atoms with van der Waals surface area (Å²) in [4.78, 5) is 0. The zero-order chi connectivity index (χ0) is 10.8. The topological polar surface area (TPSA) is 30.9 Å². The normalized spacial score (nSPS) is 13.3. The first kappa shape index (κ1) is 10.2. The van der Waals surface area contributed by atoms with Gasteiger partial charge in [-0.2, -0.15) is 0 Å². The maximum atomic E-state index is 5.76. The summed E-state index contributed by atoms with van der Waals surface area (Å²) in [5, 5.41) is 1.31. The van der Waals surface area contributed by atoms with Crippen molar-refractivity contribution in [3.05, 3.63) is 36.0 Å². The molecule has 80 valence electrons. The van der Waals surface area contributed by atoms with Crippen molar-refractivity contribution in [2.75, 3.05) is 0 Å². The van der Waals surface area contributed by atoms with Crippen LogP contribution in [0.15, 0.2) is 30.5 Å². The zero-order valence-electron chi connectivity index (χ0n) is 9.40. The Morgan fingerprint density at radius 1 is 1.33 bits per heavy atom. The third-order valence-corrected chi connectivity index (χ3v) is 2.84. The third-order valence-electron chi connectivity index (χ3n) is 2.84. The quantitative estimate of drug-likeness (QED) is 0.814. The number of aryl methyl sites for hydroxylation is 2. The van der Waals surface area contributed by atoms with E-state index in [4.69, 9.17) is 5.73 Å². The minimum absolute atomic E-state index is 0.286. The first-order valence-electron chi connectivity index (χ1n) is 5.46. The number of hydrogen-bond donors (Lipinski definition) is 1. The molecule has 0 aliphatic rings. The minimum atomic E-state index is 0.286. The minimum Gasteiger partial charge on any atom is -0.351 e. The molecule has 0 saturated carbocycles. The van der Waals surface area contributed by atoms with Gasteiger partial charge in [0.2, 0.25) is 0 Å². The Labute approximate surface area is 90.7 Å². The van der Waals surface area contributed by atoms with E-state index in [1.807, 2.05) is 0 Å². The molecule has 0 aliphatic carbocycles. The molecule has 0 aliphatic heterocycles. The molecule has 1 atom stereocenters. The van der Waals surface area contributed by atoms with E-state index in [9.17, 15) is 0 Å². The second-order valence-corrected chi connectivity index (χ2v) is 4.34. The molecule has 2 rings (SSSR count). The maximum Gasteiger partial charge on any atom is 0.0480 e. The Kier molecular flexibility index (Phi) is 2.78. The lowest BCUT2D eigenvalue weighted by Gasteiger charge is -2.05. The van der Waals surface area contributed by atoms with Crippen LogP contribution < -0.4 is 5.73 Å². The van der Waals surface area contributed by atoms with Crippen LogP contribution in [-0.4, -0.2) is 10.6 Å². The highest BCUT2D eigenvalue weighted by Gasteiger charge is 2.01. The van der Waals surface area contributed by atoms with Crippen molar-refractivity contribution in [2.24, 2.45) is 12.8 Å². The molecule has 0 spiro atoms. The predicted octanol–water partition coefficient (Wildman–Crippen LogP) is 2.46. The number of benzene rings is 1. The van der Waals surface area contributed by atoms with E-state index < -0.39 is 0 Å². The number of hydrogen-bond acceptors (Lipinski definition) is 1. The molecule has 0 unspecified atom stereocenters. The van der Waals surface area contributed by atoms with E-state index in [2.05, 4.69) is 49.0 Å². The number of aromatic nitrogens is 1. The molecule has 0 saturated heterocycles. The molecule has 0 radical (unpaired) electrons. The highest BCUT2D eigenvalue weighted by atomic mass is 14.9. The van der Waals surface area contributed by atoms with Gasteiger partial charge in [-0.3, -0.25) is 0 Å². The Balaban J connectivity index is 2.25. The molecule has 2 nitrogen and oxygen atoms in total. The summed E-state index contributed by atoms with van der Waals surface area (Å²) in [6.07, 6.45) is 4.22. The van der Waals surface area contributed by atoms with Crippen LogP contribution >= 0.6 is 0 Å². The highest BCUT2D eigenvalue weighted by molar-refractivity contribution is 5.80. The Bertz CT molecular complexity index is 455. The van der Waals surface area contributed by atoms with Crippen LogP contribution in [0.5, 0.6) is 0 Å². The van der Waals surface area contributed by atoms with Gasteiger partial charge in [-0.15, -0.1) is 0 Å². The summed E-state index contributed by atoms with van der Waals surface area (Å²) in [5.41, 5.74) is 8.44. The Hall–Kier alpha value is -1.28. The average molecular weight is 202 g/mol. The second-order valence-electron chi connectivity index (χ2n) is 4.34. The summed E-state index contributed by atoms with van der Waals surface area (Å²) in [6.45, 7) is 2.06. The lowest BCUT2D eigenvalue weighted by atomic mass is 10.1. The molecule has 1 aromatic heterocycles. The van der Waals surface area contributed by atoms with Crippen molar-refractivity contribution in [3.8, 4) is 0 Å². The maximum absolute atomic E-state index is 5.76. The second kappa shape index (κ2) is 4.07. The van der Waals surface area contributed by atoms with Crippen LogP contribution in [0.4, 0.5) is 0 Å². The Morgan fingerprint density at radius 3 is 2.87 bits per heavy atom. The van der Waals surface area contributed by atoms with E-state index in [0.29, 0.717) is 0 Å². The first-order chi connectivity index (χ1) is 7.16. The number of nitrogens with zero attached hydrogens (tertiary/aromatic N) is 1. The fourth-order valence-electron chi connectivity index (χ4n) is 1.86. The lowest BCUT2D eigenvalue weighted by molar-refractivity contribution is 0.666. The predicted molar refractivity (Wildman–Crippen MR) is 64.9 cm³/mol. The molecule has 1 aromatic carbocycles. The van der Waals surface area contributed by atoms with E-state index in [1.165, 1.54) is 16.5 Å². The molecular formula is C13H18N2. The largest absolute Gasteiger partial charge is 0.351 e. The van der Waals surface area contributed by atoms with Gasteiger partial charge in [-0.25, -0.2) is 0 Å². The molecule has 2 aromatic rings. The van der Waals surface area contributed by atoms with Crippen LogP contribution in [-0.2, 0) is 13.5 Å². The fraction of sp³-hybridized carbons (Fsp3) is 0.385. The van der Waals surface area contributed by atoms with E-state index in [-0.39, 0.29) is 6.04 Å². The molecule has 0 bridgehead atoms. The van der Waals surface area contributed by atoms with E-state index in [0.717, 1.165) is 12.8 Å². The SMILES string of the molecule is C[C@H](N)CCc1ccc2ccn(C)c2c1. The van der Waals surface area contributed by atoms with Gasteiger partial charge in [0.05, 0.1) is 0 Å². The highest BCUT2D eigenvalue weighted by Crippen LogP contribution is 2.17. The summed E-state index contributed by atoms with van der Waals surface area (Å²) in [7, 11) is 2.08. The molecule has 0 fully saturated rings. The number of fused-ring (bicyclic) bond motifs is 1. The van der Waals surface area contributed by atoms with E-state index in [1.54, 1.807) is 0 Å². The van der Waals surface area contributed by atoms with Gasteiger partial charge < -0.3 is 10.3 Å². The average Bonchev–Trinajstić information content (AvgIpc) is 2.57. The fourth-order valence-corrected chi connectivity index (χ4v) is 1.86. The van der Waals surface area contributed by atoms with Crippen molar-refractivity contribution in [1.82, 2.24) is 4.57 Å². The van der Waals surface area contributed by atoms with Crippen LogP contribution in [0.1, 0.15) is 18.9 Å². The standard InChI is InChI=1S/C13H18N2/c1-10(14)3-4-11-5-6-12-7-8-15(2)13(12)9-11/h5-10H,3-4,14H2,1-2H3/t10-/m0/s1. The first-order valence-corrected chi connectivity index (χ1v) is 5.46. The smallest absolute Gasteiger partial charge is 0.0480 e. The zero-order valence-corrected chi connectivity index (χ0v) is 9.40. The van der Waals surface area contributed by atoms with Crippen LogP contribution in [0.2, 0.25) is 0 Å². The number of nitrogens with two attached hydrogens (primary N) is 1. The van der Waals surface area contributed by atoms with Crippen LogP contribution in [0.3, 0.4) is 0 Å². The van der Waals surface area contributed by atoms with Gasteiger partial charge >= 0.3 is 0 Å². The molecule has 2 heteroatoms. The van der Waals surface area contributed by atoms with Crippen molar-refractivity contribution in [1.29, 1.82) is 0 Å². The summed E-state index contributed by atoms with van der Waals surface area (Å²) < 4.78 is 2.16. The van der Waals surface area contributed by atoms with E-state index >= 15 is 0 Å². The monoisotopic (exact) mass is 202 g/mol. The lowest BCUT2D eigenvalue weighted by Crippen LogP contribution is -2.15. The van der Waals surface area contributed by atoms with Gasteiger partial charge in [0.1, 0.15) is 0 Å². The van der Waals surface area contributed by atoms with Gasteiger partial charge in [-0.05, 0) is 42.8 Å². The van der Waals surface area contributed by atoms with Gasteiger partial charge in [0.15, 0.2) is 0 Å². The van der Waals surface area contributed by atoms with Crippen molar-refractivity contribution >= 4 is 10.9 Å². The van der Waals surface area contributed by atoms with Gasteiger partial charge in [-0.1, -0.05) is 12.1 Å². The molecular weight excluding hydrogens is 184 g/mol. The molecule has 15 heavy (non-hydrogen) atoms. The summed E-state index contributed by atoms with van der Waals surface area (Å²) in [6, 6.07) is 9.08. The summed E-state index contributed by atoms with van der Waals surface area (Å²) >= 11 is 0. The van der Waals surface area contributed by atoms with Crippen LogP contribution in [0.25, 0.3) is 10.9 Å². The van der Waals surface area contributed by atoms with Crippen molar-refractivity contribution in [2.45, 2.75) is 25.8 Å². The van der Waals surface area contributed by atoms with Crippen molar-refractivity contribution < 1.29 is 0 Å².